The Morgan fingerprint density at radius 3 is 2.56 bits per heavy atom. The lowest BCUT2D eigenvalue weighted by molar-refractivity contribution is 0.0951. The first-order chi connectivity index (χ1) is 17.4. The number of pyridine rings is 1. The number of benzene rings is 3. The van der Waals surface area contributed by atoms with E-state index in [1.807, 2.05) is 44.2 Å². The highest BCUT2D eigenvalue weighted by Crippen LogP contribution is 2.25. The minimum atomic E-state index is -0.247. The summed E-state index contributed by atoms with van der Waals surface area (Å²) >= 11 is 0. The van der Waals surface area contributed by atoms with Crippen LogP contribution in [0.15, 0.2) is 65.6 Å². The lowest BCUT2D eigenvalue weighted by Gasteiger charge is -2.11. The van der Waals surface area contributed by atoms with Gasteiger partial charge in [0.25, 0.3) is 11.5 Å². The average Bonchev–Trinajstić information content (AvgIpc) is 3.25. The molecule has 0 aliphatic rings. The minimum Gasteiger partial charge on any atom is -0.497 e. The van der Waals surface area contributed by atoms with Crippen molar-refractivity contribution in [1.29, 1.82) is 0 Å². The molecule has 8 heteroatoms. The standard InChI is InChI=1S/C28H26N4O4/c1-16-5-8-20(11-17(16)2)32-28(34)23-15-29-24-10-7-18(12-22(24)26(23)31-32)27(33)30-14-19-6-9-21(35-3)13-25(19)36-4/h5-13,15,31H,14H2,1-4H3,(H,30,33). The number of H-pyrrole nitrogens is 1. The molecular weight excluding hydrogens is 456 g/mol. The number of hydrogen-bond acceptors (Lipinski definition) is 5. The zero-order chi connectivity index (χ0) is 25.4. The number of fused-ring (bicyclic) bond motifs is 3. The maximum absolute atomic E-state index is 13.1. The van der Waals surface area contributed by atoms with Crippen LogP contribution in [0.4, 0.5) is 0 Å². The Bertz CT molecular complexity index is 1680. The first kappa shape index (κ1) is 23.2. The van der Waals surface area contributed by atoms with Crippen molar-refractivity contribution >= 4 is 27.7 Å². The summed E-state index contributed by atoms with van der Waals surface area (Å²) in [6.07, 6.45) is 1.57. The van der Waals surface area contributed by atoms with E-state index in [1.165, 1.54) is 4.68 Å². The van der Waals surface area contributed by atoms with Crippen molar-refractivity contribution in [2.24, 2.45) is 0 Å². The Morgan fingerprint density at radius 1 is 0.972 bits per heavy atom. The van der Waals surface area contributed by atoms with Crippen LogP contribution in [-0.2, 0) is 6.54 Å². The summed E-state index contributed by atoms with van der Waals surface area (Å²) in [6, 6.07) is 16.6. The van der Waals surface area contributed by atoms with Gasteiger partial charge >= 0.3 is 0 Å². The molecule has 2 N–H and O–H groups in total. The Hall–Kier alpha value is -4.59. The molecule has 0 saturated heterocycles. The number of aryl methyl sites for hydroxylation is 2. The first-order valence-electron chi connectivity index (χ1n) is 11.5. The number of aromatic nitrogens is 3. The Labute approximate surface area is 207 Å². The summed E-state index contributed by atoms with van der Waals surface area (Å²) in [4.78, 5) is 30.6. The normalized spacial score (nSPS) is 11.1. The fraction of sp³-hybridized carbons (Fsp3) is 0.179. The molecule has 3 aromatic carbocycles. The molecule has 0 unspecified atom stereocenters. The molecule has 2 heterocycles. The van der Waals surface area contributed by atoms with E-state index in [-0.39, 0.29) is 18.0 Å². The highest BCUT2D eigenvalue weighted by Gasteiger charge is 2.15. The molecular formula is C28H26N4O4. The van der Waals surface area contributed by atoms with Gasteiger partial charge < -0.3 is 14.8 Å². The molecule has 0 fully saturated rings. The summed E-state index contributed by atoms with van der Waals surface area (Å²) in [5, 5.41) is 7.32. The maximum Gasteiger partial charge on any atom is 0.280 e. The van der Waals surface area contributed by atoms with E-state index in [1.54, 1.807) is 44.7 Å². The minimum absolute atomic E-state index is 0.191. The van der Waals surface area contributed by atoms with Crippen LogP contribution in [0, 0.1) is 13.8 Å². The van der Waals surface area contributed by atoms with Crippen LogP contribution in [0.2, 0.25) is 0 Å². The predicted octanol–water partition coefficient (Wildman–Crippen LogP) is 4.43. The third kappa shape index (κ3) is 4.07. The highest BCUT2D eigenvalue weighted by atomic mass is 16.5. The van der Waals surface area contributed by atoms with Crippen molar-refractivity contribution in [2.75, 3.05) is 14.2 Å². The van der Waals surface area contributed by atoms with Crippen LogP contribution in [-0.4, -0.2) is 34.9 Å². The Balaban J connectivity index is 1.49. The van der Waals surface area contributed by atoms with Crippen LogP contribution in [0.1, 0.15) is 27.0 Å². The van der Waals surface area contributed by atoms with Gasteiger partial charge in [0.1, 0.15) is 11.5 Å². The van der Waals surface area contributed by atoms with E-state index in [4.69, 9.17) is 9.47 Å². The average molecular weight is 483 g/mol. The molecule has 182 valence electrons. The molecule has 8 nitrogen and oxygen atoms in total. The second-order valence-electron chi connectivity index (χ2n) is 8.66. The molecule has 0 saturated carbocycles. The first-order valence-corrected chi connectivity index (χ1v) is 11.5. The monoisotopic (exact) mass is 482 g/mol. The van der Waals surface area contributed by atoms with E-state index in [2.05, 4.69) is 15.4 Å². The van der Waals surface area contributed by atoms with Gasteiger partial charge in [-0.2, -0.15) is 0 Å². The van der Waals surface area contributed by atoms with Gasteiger partial charge in [-0.15, -0.1) is 0 Å². The lowest BCUT2D eigenvalue weighted by Crippen LogP contribution is -2.23. The van der Waals surface area contributed by atoms with Gasteiger partial charge in [-0.1, -0.05) is 6.07 Å². The molecule has 0 atom stereocenters. The van der Waals surface area contributed by atoms with E-state index in [0.29, 0.717) is 38.9 Å². The molecule has 0 bridgehead atoms. The van der Waals surface area contributed by atoms with E-state index in [0.717, 1.165) is 22.4 Å². The molecule has 0 spiro atoms. The van der Waals surface area contributed by atoms with E-state index >= 15 is 0 Å². The maximum atomic E-state index is 13.1. The van der Waals surface area contributed by atoms with Crippen LogP contribution >= 0.6 is 0 Å². The highest BCUT2D eigenvalue weighted by molar-refractivity contribution is 6.06. The number of carbonyl (C=O) groups is 1. The van der Waals surface area contributed by atoms with Crippen molar-refractivity contribution < 1.29 is 14.3 Å². The van der Waals surface area contributed by atoms with Gasteiger partial charge in [-0.25, -0.2) is 4.68 Å². The van der Waals surface area contributed by atoms with E-state index in [9.17, 15) is 9.59 Å². The molecule has 0 aliphatic carbocycles. The van der Waals surface area contributed by atoms with Crippen molar-refractivity contribution in [3.8, 4) is 17.2 Å². The van der Waals surface area contributed by atoms with Crippen molar-refractivity contribution in [1.82, 2.24) is 20.1 Å². The number of methoxy groups -OCH3 is 2. The third-order valence-electron chi connectivity index (χ3n) is 6.47. The van der Waals surface area contributed by atoms with Gasteiger partial charge in [0, 0.05) is 35.3 Å². The third-order valence-corrected chi connectivity index (χ3v) is 6.47. The van der Waals surface area contributed by atoms with Crippen LogP contribution in [0.3, 0.4) is 0 Å². The Kier molecular flexibility index (Phi) is 5.93. The van der Waals surface area contributed by atoms with Crippen LogP contribution < -0.4 is 20.3 Å². The number of nitrogens with zero attached hydrogens (tertiary/aromatic N) is 2. The summed E-state index contributed by atoms with van der Waals surface area (Å²) in [5.74, 6) is 1.06. The largest absolute Gasteiger partial charge is 0.497 e. The molecule has 36 heavy (non-hydrogen) atoms. The second kappa shape index (κ2) is 9.22. The zero-order valence-electron chi connectivity index (χ0n) is 20.5. The molecule has 0 radical (unpaired) electrons. The molecule has 2 aromatic heterocycles. The number of nitrogens with one attached hydrogen (secondary N) is 2. The van der Waals surface area contributed by atoms with Crippen molar-refractivity contribution in [2.45, 2.75) is 20.4 Å². The predicted molar refractivity (Wildman–Crippen MR) is 139 cm³/mol. The summed E-state index contributed by atoms with van der Waals surface area (Å²) in [5.41, 5.74) is 5.40. The molecule has 5 aromatic rings. The van der Waals surface area contributed by atoms with Crippen molar-refractivity contribution in [3.63, 3.8) is 0 Å². The number of ether oxygens (including phenoxy) is 2. The number of hydrogen-bond donors (Lipinski definition) is 2. The quantitative estimate of drug-likeness (QED) is 0.373. The second-order valence-corrected chi connectivity index (χ2v) is 8.66. The number of carbonyl (C=O) groups excluding carboxylic acids is 1. The van der Waals surface area contributed by atoms with Crippen LogP contribution in [0.25, 0.3) is 27.5 Å². The molecule has 0 aliphatic heterocycles. The van der Waals surface area contributed by atoms with E-state index < -0.39 is 0 Å². The number of aromatic amines is 1. The number of amides is 1. The fourth-order valence-corrected chi connectivity index (χ4v) is 4.22. The molecule has 5 rings (SSSR count). The summed E-state index contributed by atoms with van der Waals surface area (Å²) in [7, 11) is 3.16. The van der Waals surface area contributed by atoms with Gasteiger partial charge in [0.05, 0.1) is 36.3 Å². The number of rotatable bonds is 6. The smallest absolute Gasteiger partial charge is 0.280 e. The SMILES string of the molecule is COc1ccc(CNC(=O)c2ccc3ncc4c(=O)n(-c5ccc(C)c(C)c5)[nH]c4c3c2)c(OC)c1. The lowest BCUT2D eigenvalue weighted by atomic mass is 10.1. The zero-order valence-corrected chi connectivity index (χ0v) is 20.5. The fourth-order valence-electron chi connectivity index (χ4n) is 4.22. The van der Waals surface area contributed by atoms with Crippen molar-refractivity contribution in [3.05, 3.63) is 93.4 Å². The summed E-state index contributed by atoms with van der Waals surface area (Å²) < 4.78 is 12.2. The summed E-state index contributed by atoms with van der Waals surface area (Å²) in [6.45, 7) is 4.32. The Morgan fingerprint density at radius 2 is 1.81 bits per heavy atom. The van der Waals surface area contributed by atoms with Crippen LogP contribution in [0.5, 0.6) is 11.5 Å². The molecule has 1 amide bonds. The topological polar surface area (TPSA) is 98.2 Å². The van der Waals surface area contributed by atoms with Gasteiger partial charge in [-0.05, 0) is 67.4 Å². The van der Waals surface area contributed by atoms with Gasteiger partial charge in [0.15, 0.2) is 0 Å². The van der Waals surface area contributed by atoms with Gasteiger partial charge in [0.2, 0.25) is 0 Å². The van der Waals surface area contributed by atoms with Gasteiger partial charge in [-0.3, -0.25) is 19.7 Å².